The molecule has 2 aromatic rings. The zero-order chi connectivity index (χ0) is 16.2. The van der Waals surface area contributed by atoms with Gasteiger partial charge in [-0.05, 0) is 30.5 Å². The summed E-state index contributed by atoms with van der Waals surface area (Å²) in [4.78, 5) is 14.6. The van der Waals surface area contributed by atoms with Crippen molar-refractivity contribution in [2.45, 2.75) is 25.2 Å². The first-order chi connectivity index (χ1) is 11.2. The molecule has 1 aromatic carbocycles. The number of nitrogens with zero attached hydrogens (tertiary/aromatic N) is 2. The monoisotopic (exact) mass is 333 g/mol. The van der Waals surface area contributed by atoms with E-state index in [1.165, 1.54) is 0 Å². The standard InChI is InChI=1S/C17H20ClN3O2/c1-23-16-6-2-5-15(18)14(16)8-17(22)21-7-3-4-12(11-21)13-9-19-20-10-13/h2,5-6,9-10,12H,3-4,7-8,11H2,1H3,(H,19,20)/t12-/m0/s1. The van der Waals surface area contributed by atoms with E-state index in [4.69, 9.17) is 16.3 Å². The number of H-pyrrole nitrogens is 1. The fourth-order valence-corrected chi connectivity index (χ4v) is 3.36. The first-order valence-electron chi connectivity index (χ1n) is 7.77. The van der Waals surface area contributed by atoms with Gasteiger partial charge in [0, 0.05) is 35.8 Å². The maximum absolute atomic E-state index is 12.7. The number of ether oxygens (including phenoxy) is 1. The second kappa shape index (κ2) is 7.04. The Balaban J connectivity index is 1.71. The van der Waals surface area contributed by atoms with Crippen LogP contribution in [-0.4, -0.2) is 41.2 Å². The summed E-state index contributed by atoms with van der Waals surface area (Å²) in [6.45, 7) is 1.52. The third-order valence-electron chi connectivity index (χ3n) is 4.39. The molecule has 6 heteroatoms. The maximum atomic E-state index is 12.7. The second-order valence-corrected chi connectivity index (χ2v) is 6.22. The summed E-state index contributed by atoms with van der Waals surface area (Å²) < 4.78 is 5.33. The minimum atomic E-state index is 0.0876. The third-order valence-corrected chi connectivity index (χ3v) is 4.74. The van der Waals surface area contributed by atoms with Gasteiger partial charge in [0.1, 0.15) is 5.75 Å². The first-order valence-corrected chi connectivity index (χ1v) is 8.14. The van der Waals surface area contributed by atoms with Crippen molar-refractivity contribution in [3.8, 4) is 5.75 Å². The number of carbonyl (C=O) groups excluding carboxylic acids is 1. The Morgan fingerprint density at radius 1 is 1.52 bits per heavy atom. The molecule has 1 amide bonds. The molecule has 1 fully saturated rings. The van der Waals surface area contributed by atoms with Crippen LogP contribution in [0.3, 0.4) is 0 Å². The average molecular weight is 334 g/mol. The zero-order valence-corrected chi connectivity index (χ0v) is 13.8. The second-order valence-electron chi connectivity index (χ2n) is 5.81. The summed E-state index contributed by atoms with van der Waals surface area (Å²) in [6.07, 6.45) is 6.10. The highest BCUT2D eigenvalue weighted by Gasteiger charge is 2.26. The molecule has 23 heavy (non-hydrogen) atoms. The van der Waals surface area contributed by atoms with Crippen LogP contribution >= 0.6 is 11.6 Å². The lowest BCUT2D eigenvalue weighted by Gasteiger charge is -2.32. The number of hydrogen-bond donors (Lipinski definition) is 1. The number of methoxy groups -OCH3 is 1. The van der Waals surface area contributed by atoms with E-state index < -0.39 is 0 Å². The molecule has 122 valence electrons. The molecular weight excluding hydrogens is 314 g/mol. The van der Waals surface area contributed by atoms with E-state index in [-0.39, 0.29) is 12.3 Å². The number of benzene rings is 1. The van der Waals surface area contributed by atoms with E-state index in [0.29, 0.717) is 16.7 Å². The molecule has 1 aliphatic heterocycles. The quantitative estimate of drug-likeness (QED) is 0.935. The van der Waals surface area contributed by atoms with Crippen LogP contribution in [0.4, 0.5) is 0 Å². The Labute approximate surface area is 140 Å². The molecule has 0 aliphatic carbocycles. The zero-order valence-electron chi connectivity index (χ0n) is 13.1. The normalized spacial score (nSPS) is 18.0. The number of carbonyl (C=O) groups is 1. The number of aromatic amines is 1. The Kier molecular flexibility index (Phi) is 4.86. The van der Waals surface area contributed by atoms with E-state index in [0.717, 1.165) is 37.1 Å². The number of rotatable bonds is 4. The Hall–Kier alpha value is -2.01. The number of hydrogen-bond acceptors (Lipinski definition) is 3. The molecule has 2 heterocycles. The molecule has 0 saturated carbocycles. The predicted molar refractivity (Wildman–Crippen MR) is 88.9 cm³/mol. The van der Waals surface area contributed by atoms with Crippen molar-refractivity contribution in [1.29, 1.82) is 0 Å². The predicted octanol–water partition coefficient (Wildman–Crippen LogP) is 3.02. The van der Waals surface area contributed by atoms with Gasteiger partial charge in [0.25, 0.3) is 0 Å². The number of piperidine rings is 1. The summed E-state index contributed by atoms with van der Waals surface area (Å²) >= 11 is 6.24. The van der Waals surface area contributed by atoms with Gasteiger partial charge in [0.2, 0.25) is 5.91 Å². The van der Waals surface area contributed by atoms with Crippen LogP contribution in [0.25, 0.3) is 0 Å². The summed E-state index contributed by atoms with van der Waals surface area (Å²) in [7, 11) is 1.59. The van der Waals surface area contributed by atoms with E-state index >= 15 is 0 Å². The van der Waals surface area contributed by atoms with Crippen molar-refractivity contribution in [3.05, 3.63) is 46.7 Å². The summed E-state index contributed by atoms with van der Waals surface area (Å²) in [5.74, 6) is 1.10. The highest BCUT2D eigenvalue weighted by Crippen LogP contribution is 2.29. The minimum Gasteiger partial charge on any atom is -0.496 e. The van der Waals surface area contributed by atoms with Gasteiger partial charge in [-0.2, -0.15) is 5.10 Å². The van der Waals surface area contributed by atoms with Gasteiger partial charge in [0.05, 0.1) is 19.7 Å². The van der Waals surface area contributed by atoms with Gasteiger partial charge in [-0.25, -0.2) is 0 Å². The smallest absolute Gasteiger partial charge is 0.227 e. The molecule has 3 rings (SSSR count). The van der Waals surface area contributed by atoms with Crippen molar-refractivity contribution in [3.63, 3.8) is 0 Å². The Morgan fingerprint density at radius 3 is 3.13 bits per heavy atom. The van der Waals surface area contributed by atoms with E-state index in [2.05, 4.69) is 10.2 Å². The Morgan fingerprint density at radius 2 is 2.39 bits per heavy atom. The number of halogens is 1. The molecule has 1 saturated heterocycles. The summed E-state index contributed by atoms with van der Waals surface area (Å²) in [5, 5.41) is 7.42. The molecule has 5 nitrogen and oxygen atoms in total. The topological polar surface area (TPSA) is 58.2 Å². The number of aromatic nitrogens is 2. The number of likely N-dealkylation sites (tertiary alicyclic amines) is 1. The van der Waals surface area contributed by atoms with Crippen molar-refractivity contribution in [2.75, 3.05) is 20.2 Å². The van der Waals surface area contributed by atoms with E-state index in [1.54, 1.807) is 13.2 Å². The highest BCUT2D eigenvalue weighted by molar-refractivity contribution is 6.31. The van der Waals surface area contributed by atoms with Gasteiger partial charge in [-0.3, -0.25) is 9.89 Å². The van der Waals surface area contributed by atoms with Crippen molar-refractivity contribution in [2.24, 2.45) is 0 Å². The molecular formula is C17H20ClN3O2. The Bertz CT molecular complexity index is 672. The lowest BCUT2D eigenvalue weighted by Crippen LogP contribution is -2.40. The molecule has 1 aromatic heterocycles. The van der Waals surface area contributed by atoms with Gasteiger partial charge in [0.15, 0.2) is 0 Å². The summed E-state index contributed by atoms with van der Waals surface area (Å²) in [5.41, 5.74) is 1.92. The van der Waals surface area contributed by atoms with Crippen LogP contribution in [0.15, 0.2) is 30.6 Å². The molecule has 1 atom stereocenters. The lowest BCUT2D eigenvalue weighted by atomic mass is 9.92. The van der Waals surface area contributed by atoms with Crippen molar-refractivity contribution < 1.29 is 9.53 Å². The largest absolute Gasteiger partial charge is 0.496 e. The molecule has 0 spiro atoms. The molecule has 1 aliphatic rings. The van der Waals surface area contributed by atoms with Crippen LogP contribution in [0, 0.1) is 0 Å². The van der Waals surface area contributed by atoms with Gasteiger partial charge in [-0.15, -0.1) is 0 Å². The van der Waals surface area contributed by atoms with Crippen LogP contribution in [0.5, 0.6) is 5.75 Å². The fraction of sp³-hybridized carbons (Fsp3) is 0.412. The average Bonchev–Trinajstić information content (AvgIpc) is 3.11. The van der Waals surface area contributed by atoms with Crippen LogP contribution in [-0.2, 0) is 11.2 Å². The highest BCUT2D eigenvalue weighted by atomic mass is 35.5. The summed E-state index contributed by atoms with van der Waals surface area (Å²) in [6, 6.07) is 5.45. The van der Waals surface area contributed by atoms with Crippen LogP contribution in [0.2, 0.25) is 5.02 Å². The molecule has 0 radical (unpaired) electrons. The van der Waals surface area contributed by atoms with Gasteiger partial charge in [-0.1, -0.05) is 17.7 Å². The maximum Gasteiger partial charge on any atom is 0.227 e. The van der Waals surface area contributed by atoms with E-state index in [1.807, 2.05) is 29.4 Å². The molecule has 0 bridgehead atoms. The lowest BCUT2D eigenvalue weighted by molar-refractivity contribution is -0.131. The van der Waals surface area contributed by atoms with Gasteiger partial charge >= 0.3 is 0 Å². The first kappa shape index (κ1) is 15.9. The van der Waals surface area contributed by atoms with Crippen molar-refractivity contribution in [1.82, 2.24) is 15.1 Å². The van der Waals surface area contributed by atoms with E-state index in [9.17, 15) is 4.79 Å². The van der Waals surface area contributed by atoms with Gasteiger partial charge < -0.3 is 9.64 Å². The molecule has 0 unspecified atom stereocenters. The number of amides is 1. The third kappa shape index (κ3) is 3.50. The SMILES string of the molecule is COc1cccc(Cl)c1CC(=O)N1CCC[C@H](c2cn[nH]c2)C1. The minimum absolute atomic E-state index is 0.0876. The number of nitrogens with one attached hydrogen (secondary N) is 1. The molecule has 1 N–H and O–H groups in total. The fourth-order valence-electron chi connectivity index (χ4n) is 3.12. The van der Waals surface area contributed by atoms with Crippen molar-refractivity contribution >= 4 is 17.5 Å². The van der Waals surface area contributed by atoms with Crippen LogP contribution < -0.4 is 4.74 Å². The van der Waals surface area contributed by atoms with Crippen LogP contribution in [0.1, 0.15) is 29.9 Å².